The second-order valence-corrected chi connectivity index (χ2v) is 6.12. The summed E-state index contributed by atoms with van der Waals surface area (Å²) in [7, 11) is 0. The molecule has 0 unspecified atom stereocenters. The molecule has 23 heavy (non-hydrogen) atoms. The van der Waals surface area contributed by atoms with Crippen molar-refractivity contribution in [1.82, 2.24) is 9.97 Å². The van der Waals surface area contributed by atoms with Gasteiger partial charge in [-0.1, -0.05) is 26.0 Å². The molecule has 1 aromatic heterocycles. The molecule has 4 nitrogen and oxygen atoms in total. The summed E-state index contributed by atoms with van der Waals surface area (Å²) in [4.78, 5) is 11.6. The van der Waals surface area contributed by atoms with Crippen molar-refractivity contribution in [3.63, 3.8) is 0 Å². The van der Waals surface area contributed by atoms with Crippen LogP contribution in [0.15, 0.2) is 24.3 Å². The van der Waals surface area contributed by atoms with E-state index in [0.29, 0.717) is 0 Å². The van der Waals surface area contributed by atoms with Crippen molar-refractivity contribution in [3.8, 4) is 0 Å². The zero-order valence-corrected chi connectivity index (χ0v) is 15.0. The lowest BCUT2D eigenvalue weighted by atomic mass is 10.1. The summed E-state index contributed by atoms with van der Waals surface area (Å²) in [5.41, 5.74) is 4.54. The normalized spacial score (nSPS) is 10.7. The molecule has 124 valence electrons. The van der Waals surface area contributed by atoms with Gasteiger partial charge in [0.1, 0.15) is 5.82 Å². The van der Waals surface area contributed by atoms with Crippen LogP contribution in [0.5, 0.6) is 0 Å². The van der Waals surface area contributed by atoms with Gasteiger partial charge in [0.25, 0.3) is 0 Å². The van der Waals surface area contributed by atoms with Crippen molar-refractivity contribution in [2.24, 2.45) is 0 Å². The molecule has 2 rings (SSSR count). The fraction of sp³-hybridized carbons (Fsp3) is 0.474. The van der Waals surface area contributed by atoms with Crippen molar-refractivity contribution in [3.05, 3.63) is 41.1 Å². The van der Waals surface area contributed by atoms with Gasteiger partial charge < -0.3 is 10.2 Å². The largest absolute Gasteiger partial charge is 0.341 e. The molecular weight excluding hydrogens is 284 g/mol. The van der Waals surface area contributed by atoms with Crippen LogP contribution < -0.4 is 10.2 Å². The molecule has 4 heteroatoms. The summed E-state index contributed by atoms with van der Waals surface area (Å²) < 4.78 is 0. The van der Waals surface area contributed by atoms with E-state index >= 15 is 0 Å². The van der Waals surface area contributed by atoms with Crippen LogP contribution in [0.2, 0.25) is 0 Å². The number of aryl methyl sites for hydroxylation is 3. The smallest absolute Gasteiger partial charge is 0.227 e. The fourth-order valence-corrected chi connectivity index (χ4v) is 2.62. The summed E-state index contributed by atoms with van der Waals surface area (Å²) >= 11 is 0. The first kappa shape index (κ1) is 17.3. The zero-order valence-electron chi connectivity index (χ0n) is 15.0. The number of benzene rings is 1. The van der Waals surface area contributed by atoms with E-state index in [1.54, 1.807) is 0 Å². The monoisotopic (exact) mass is 312 g/mol. The molecule has 1 heterocycles. The SMILES string of the molecule is CCCN(CCC)c1nc(C)cc(Nc2cc(C)ccc2C)n1. The van der Waals surface area contributed by atoms with Crippen LogP contribution in [0.1, 0.15) is 43.5 Å². The predicted molar refractivity (Wildman–Crippen MR) is 98.8 cm³/mol. The Morgan fingerprint density at radius 3 is 2.30 bits per heavy atom. The van der Waals surface area contributed by atoms with E-state index in [9.17, 15) is 0 Å². The van der Waals surface area contributed by atoms with Crippen LogP contribution in [0, 0.1) is 20.8 Å². The third-order valence-electron chi connectivity index (χ3n) is 3.77. The summed E-state index contributed by atoms with van der Waals surface area (Å²) in [6.07, 6.45) is 2.19. The van der Waals surface area contributed by atoms with Crippen molar-refractivity contribution in [2.75, 3.05) is 23.3 Å². The van der Waals surface area contributed by atoms with E-state index in [1.807, 2.05) is 13.0 Å². The van der Waals surface area contributed by atoms with Gasteiger partial charge in [-0.3, -0.25) is 0 Å². The quantitative estimate of drug-likeness (QED) is 0.799. The Morgan fingerprint density at radius 2 is 1.65 bits per heavy atom. The molecule has 0 bridgehead atoms. The molecule has 0 atom stereocenters. The van der Waals surface area contributed by atoms with Gasteiger partial charge in [0.05, 0.1) is 0 Å². The molecule has 0 saturated carbocycles. The Kier molecular flexibility index (Phi) is 5.97. The molecule has 0 amide bonds. The fourth-order valence-electron chi connectivity index (χ4n) is 2.62. The van der Waals surface area contributed by atoms with Crippen LogP contribution in [0.3, 0.4) is 0 Å². The molecule has 2 aromatic rings. The average molecular weight is 312 g/mol. The second-order valence-electron chi connectivity index (χ2n) is 6.12. The number of rotatable bonds is 7. The summed E-state index contributed by atoms with van der Waals surface area (Å²) in [5, 5.41) is 3.46. The molecule has 0 aliphatic carbocycles. The van der Waals surface area contributed by atoms with E-state index in [-0.39, 0.29) is 0 Å². The molecule has 0 spiro atoms. The van der Waals surface area contributed by atoms with Gasteiger partial charge in [-0.05, 0) is 50.8 Å². The van der Waals surface area contributed by atoms with Gasteiger partial charge in [-0.15, -0.1) is 0 Å². The lowest BCUT2D eigenvalue weighted by molar-refractivity contribution is 0.720. The zero-order chi connectivity index (χ0) is 16.8. The van der Waals surface area contributed by atoms with Crippen LogP contribution in [-0.2, 0) is 0 Å². The highest BCUT2D eigenvalue weighted by atomic mass is 15.3. The van der Waals surface area contributed by atoms with E-state index in [1.165, 1.54) is 11.1 Å². The summed E-state index contributed by atoms with van der Waals surface area (Å²) in [5.74, 6) is 1.68. The van der Waals surface area contributed by atoms with Gasteiger partial charge in [-0.2, -0.15) is 4.98 Å². The molecule has 0 radical (unpaired) electrons. The highest BCUT2D eigenvalue weighted by Gasteiger charge is 2.11. The number of aromatic nitrogens is 2. The average Bonchev–Trinajstić information content (AvgIpc) is 2.50. The highest BCUT2D eigenvalue weighted by Crippen LogP contribution is 2.22. The van der Waals surface area contributed by atoms with Crippen LogP contribution in [0.25, 0.3) is 0 Å². The standard InChI is InChI=1S/C19H28N4/c1-6-10-23(11-7-2)19-20-16(5)13-18(22-19)21-17-12-14(3)8-9-15(17)4/h8-9,12-13H,6-7,10-11H2,1-5H3,(H,20,21,22). The molecule has 1 aromatic carbocycles. The molecule has 0 fully saturated rings. The summed E-state index contributed by atoms with van der Waals surface area (Å²) in [6, 6.07) is 8.41. The first-order valence-electron chi connectivity index (χ1n) is 8.48. The van der Waals surface area contributed by atoms with Crippen molar-refractivity contribution in [1.29, 1.82) is 0 Å². The number of hydrogen-bond donors (Lipinski definition) is 1. The maximum absolute atomic E-state index is 4.74. The van der Waals surface area contributed by atoms with E-state index < -0.39 is 0 Å². The molecular formula is C19H28N4. The van der Waals surface area contributed by atoms with E-state index in [2.05, 4.69) is 61.1 Å². The van der Waals surface area contributed by atoms with Crippen LogP contribution >= 0.6 is 0 Å². The van der Waals surface area contributed by atoms with E-state index in [4.69, 9.17) is 4.98 Å². The van der Waals surface area contributed by atoms with Gasteiger partial charge in [0, 0.05) is 30.5 Å². The number of nitrogens with zero attached hydrogens (tertiary/aromatic N) is 3. The second kappa shape index (κ2) is 7.95. The number of anilines is 3. The van der Waals surface area contributed by atoms with Crippen molar-refractivity contribution >= 4 is 17.5 Å². The topological polar surface area (TPSA) is 41.1 Å². The number of nitrogens with one attached hydrogen (secondary N) is 1. The van der Waals surface area contributed by atoms with Crippen LogP contribution in [0.4, 0.5) is 17.5 Å². The molecule has 1 N–H and O–H groups in total. The highest BCUT2D eigenvalue weighted by molar-refractivity contribution is 5.62. The van der Waals surface area contributed by atoms with Gasteiger partial charge in [0.2, 0.25) is 5.95 Å². The maximum Gasteiger partial charge on any atom is 0.227 e. The molecule has 0 aliphatic heterocycles. The first-order chi connectivity index (χ1) is 11.0. The van der Waals surface area contributed by atoms with Crippen molar-refractivity contribution in [2.45, 2.75) is 47.5 Å². The Hall–Kier alpha value is -2.10. The van der Waals surface area contributed by atoms with Gasteiger partial charge >= 0.3 is 0 Å². The molecule has 0 saturated heterocycles. The maximum atomic E-state index is 4.74. The predicted octanol–water partition coefficient (Wildman–Crippen LogP) is 4.77. The minimum atomic E-state index is 0.821. The third kappa shape index (κ3) is 4.68. The Bertz CT molecular complexity index is 646. The lowest BCUT2D eigenvalue weighted by Gasteiger charge is -2.22. The molecule has 0 aliphatic rings. The minimum absolute atomic E-state index is 0.821. The number of hydrogen-bond acceptors (Lipinski definition) is 4. The first-order valence-corrected chi connectivity index (χ1v) is 8.48. The van der Waals surface area contributed by atoms with E-state index in [0.717, 1.165) is 49.1 Å². The Labute approximate surface area is 140 Å². The lowest BCUT2D eigenvalue weighted by Crippen LogP contribution is -2.27. The third-order valence-corrected chi connectivity index (χ3v) is 3.77. The van der Waals surface area contributed by atoms with Crippen LogP contribution in [-0.4, -0.2) is 23.1 Å². The van der Waals surface area contributed by atoms with Crippen molar-refractivity contribution < 1.29 is 0 Å². The van der Waals surface area contributed by atoms with Gasteiger partial charge in [-0.25, -0.2) is 4.98 Å². The Balaban J connectivity index is 2.30. The van der Waals surface area contributed by atoms with Gasteiger partial charge in [0.15, 0.2) is 0 Å². The summed E-state index contributed by atoms with van der Waals surface area (Å²) in [6.45, 7) is 12.6. The Morgan fingerprint density at radius 1 is 0.957 bits per heavy atom. The minimum Gasteiger partial charge on any atom is -0.341 e.